The number of anilines is 1. The van der Waals surface area contributed by atoms with E-state index >= 15 is 0 Å². The molecule has 0 aromatic carbocycles. The number of carbonyl (C=O) groups excluding carboxylic acids is 1. The number of nitrogens with one attached hydrogen (secondary N) is 1. The van der Waals surface area contributed by atoms with E-state index in [9.17, 15) is 4.79 Å². The molecular formula is C9H13BrN2OS. The van der Waals surface area contributed by atoms with Gasteiger partial charge in [-0.1, -0.05) is 6.92 Å². The summed E-state index contributed by atoms with van der Waals surface area (Å²) in [6.45, 7) is 2.42. The maximum atomic E-state index is 11.5. The van der Waals surface area contributed by atoms with Gasteiger partial charge in [0.1, 0.15) is 0 Å². The second-order valence-corrected chi connectivity index (χ2v) is 5.53. The van der Waals surface area contributed by atoms with E-state index in [1.54, 1.807) is 0 Å². The number of rotatable bonds is 4. The van der Waals surface area contributed by atoms with Gasteiger partial charge in [-0.2, -0.15) is 0 Å². The van der Waals surface area contributed by atoms with E-state index in [0.717, 1.165) is 15.2 Å². The minimum Gasteiger partial charge on any atom is -0.330 e. The van der Waals surface area contributed by atoms with Gasteiger partial charge < -0.3 is 11.1 Å². The number of hydrogen-bond donors (Lipinski definition) is 2. The highest BCUT2D eigenvalue weighted by molar-refractivity contribution is 9.11. The van der Waals surface area contributed by atoms with Gasteiger partial charge in [0.25, 0.3) is 0 Å². The molecule has 0 fully saturated rings. The quantitative estimate of drug-likeness (QED) is 0.888. The van der Waals surface area contributed by atoms with E-state index in [2.05, 4.69) is 21.2 Å². The Morgan fingerprint density at radius 2 is 2.43 bits per heavy atom. The van der Waals surface area contributed by atoms with Crippen molar-refractivity contribution in [3.8, 4) is 0 Å². The van der Waals surface area contributed by atoms with Crippen LogP contribution in [0.15, 0.2) is 15.9 Å². The van der Waals surface area contributed by atoms with Gasteiger partial charge in [0.05, 0.1) is 8.79 Å². The minimum atomic E-state index is -0.0270. The summed E-state index contributed by atoms with van der Waals surface area (Å²) < 4.78 is 1.01. The predicted octanol–water partition coefficient (Wildman–Crippen LogP) is 2.43. The van der Waals surface area contributed by atoms with Crippen molar-refractivity contribution in [2.24, 2.45) is 11.7 Å². The van der Waals surface area contributed by atoms with Crippen LogP contribution in [-0.2, 0) is 4.79 Å². The van der Waals surface area contributed by atoms with Crippen LogP contribution < -0.4 is 11.1 Å². The molecule has 0 aliphatic heterocycles. The number of halogens is 1. The van der Waals surface area contributed by atoms with Crippen LogP contribution in [0.2, 0.25) is 0 Å². The van der Waals surface area contributed by atoms with Gasteiger partial charge in [-0.05, 0) is 41.0 Å². The van der Waals surface area contributed by atoms with Crippen LogP contribution in [0.3, 0.4) is 0 Å². The zero-order chi connectivity index (χ0) is 10.6. The zero-order valence-corrected chi connectivity index (χ0v) is 10.3. The van der Waals surface area contributed by atoms with E-state index in [4.69, 9.17) is 5.73 Å². The van der Waals surface area contributed by atoms with Crippen LogP contribution in [0.1, 0.15) is 13.3 Å². The first-order valence-electron chi connectivity index (χ1n) is 4.39. The summed E-state index contributed by atoms with van der Waals surface area (Å²) in [5, 5.41) is 3.71. The van der Waals surface area contributed by atoms with Gasteiger partial charge in [0.2, 0.25) is 5.91 Å². The fraction of sp³-hybridized carbons (Fsp3) is 0.444. The zero-order valence-electron chi connectivity index (χ0n) is 7.92. The summed E-state index contributed by atoms with van der Waals surface area (Å²) in [7, 11) is 0. The Kier molecular flexibility index (Phi) is 4.57. The minimum absolute atomic E-state index is 0.0270. The molecular weight excluding hydrogens is 264 g/mol. The van der Waals surface area contributed by atoms with Crippen LogP contribution in [0, 0.1) is 5.92 Å². The lowest BCUT2D eigenvalue weighted by Crippen LogP contribution is -2.22. The fourth-order valence-electron chi connectivity index (χ4n) is 1.01. The molecule has 0 aliphatic carbocycles. The van der Waals surface area contributed by atoms with E-state index in [1.165, 1.54) is 11.3 Å². The average Bonchev–Trinajstić information content (AvgIpc) is 2.51. The van der Waals surface area contributed by atoms with Gasteiger partial charge in [-0.15, -0.1) is 11.3 Å². The molecule has 1 aromatic rings. The SMILES string of the molecule is CC(CCN)C(=O)Nc1ccc(Br)s1. The van der Waals surface area contributed by atoms with Crippen molar-refractivity contribution in [3.63, 3.8) is 0 Å². The van der Waals surface area contributed by atoms with E-state index in [-0.39, 0.29) is 11.8 Å². The highest BCUT2D eigenvalue weighted by Crippen LogP contribution is 2.26. The topological polar surface area (TPSA) is 55.1 Å². The first-order chi connectivity index (χ1) is 6.63. The second kappa shape index (κ2) is 5.48. The molecule has 1 atom stereocenters. The van der Waals surface area contributed by atoms with Crippen molar-refractivity contribution < 1.29 is 4.79 Å². The molecule has 5 heteroatoms. The van der Waals surface area contributed by atoms with E-state index < -0.39 is 0 Å². The van der Waals surface area contributed by atoms with Crippen LogP contribution in [0.5, 0.6) is 0 Å². The molecule has 1 aromatic heterocycles. The third-order valence-corrected chi connectivity index (χ3v) is 3.41. The molecule has 3 N–H and O–H groups in total. The molecule has 1 amide bonds. The first-order valence-corrected chi connectivity index (χ1v) is 6.00. The normalized spacial score (nSPS) is 12.5. The smallest absolute Gasteiger partial charge is 0.227 e. The molecule has 0 saturated carbocycles. The number of thiophene rings is 1. The summed E-state index contributed by atoms with van der Waals surface area (Å²) in [4.78, 5) is 11.5. The van der Waals surface area contributed by atoms with Crippen LogP contribution in [0.25, 0.3) is 0 Å². The summed E-state index contributed by atoms with van der Waals surface area (Å²) in [6, 6.07) is 3.79. The highest BCUT2D eigenvalue weighted by Gasteiger charge is 2.12. The van der Waals surface area contributed by atoms with Gasteiger partial charge in [0.15, 0.2) is 0 Å². The Hall–Kier alpha value is -0.390. The predicted molar refractivity (Wildman–Crippen MR) is 63.5 cm³/mol. The Morgan fingerprint density at radius 3 is 2.93 bits per heavy atom. The number of hydrogen-bond acceptors (Lipinski definition) is 3. The van der Waals surface area contributed by atoms with Crippen molar-refractivity contribution in [3.05, 3.63) is 15.9 Å². The van der Waals surface area contributed by atoms with Gasteiger partial charge >= 0.3 is 0 Å². The van der Waals surface area contributed by atoms with Crippen molar-refractivity contribution in [1.29, 1.82) is 0 Å². The van der Waals surface area contributed by atoms with E-state index in [1.807, 2.05) is 19.1 Å². The lowest BCUT2D eigenvalue weighted by Gasteiger charge is -2.08. The molecule has 0 spiro atoms. The number of carbonyl (C=O) groups is 1. The molecule has 1 unspecified atom stereocenters. The standard InChI is InChI=1S/C9H13BrN2OS/c1-6(4-5-11)9(13)12-8-3-2-7(10)14-8/h2-3,6H,4-5,11H2,1H3,(H,12,13). The lowest BCUT2D eigenvalue weighted by molar-refractivity contribution is -0.119. The molecule has 0 bridgehead atoms. The van der Waals surface area contributed by atoms with Crippen LogP contribution in [0.4, 0.5) is 5.00 Å². The molecule has 0 radical (unpaired) electrons. The van der Waals surface area contributed by atoms with Gasteiger partial charge in [-0.25, -0.2) is 0 Å². The third kappa shape index (κ3) is 3.40. The summed E-state index contributed by atoms with van der Waals surface area (Å²) in [5.74, 6) is 0.00526. The Bertz CT molecular complexity index is 314. The molecule has 0 saturated heterocycles. The molecule has 78 valence electrons. The number of amides is 1. The van der Waals surface area contributed by atoms with Crippen molar-refractivity contribution in [2.45, 2.75) is 13.3 Å². The maximum absolute atomic E-state index is 11.5. The molecule has 1 heterocycles. The Morgan fingerprint density at radius 1 is 1.71 bits per heavy atom. The lowest BCUT2D eigenvalue weighted by atomic mass is 10.1. The molecule has 0 aliphatic rings. The Labute approximate surface area is 95.8 Å². The van der Waals surface area contributed by atoms with Gasteiger partial charge in [-0.3, -0.25) is 4.79 Å². The first kappa shape index (κ1) is 11.7. The number of nitrogens with two attached hydrogens (primary N) is 1. The third-order valence-electron chi connectivity index (χ3n) is 1.87. The van der Waals surface area contributed by atoms with Crippen LogP contribution in [-0.4, -0.2) is 12.5 Å². The molecule has 1 rings (SSSR count). The van der Waals surface area contributed by atoms with Gasteiger partial charge in [0, 0.05) is 5.92 Å². The largest absolute Gasteiger partial charge is 0.330 e. The van der Waals surface area contributed by atoms with Crippen LogP contribution >= 0.6 is 27.3 Å². The fourth-order valence-corrected chi connectivity index (χ4v) is 2.30. The van der Waals surface area contributed by atoms with E-state index in [0.29, 0.717) is 6.54 Å². The highest BCUT2D eigenvalue weighted by atomic mass is 79.9. The monoisotopic (exact) mass is 276 g/mol. The maximum Gasteiger partial charge on any atom is 0.227 e. The Balaban J connectivity index is 2.48. The summed E-state index contributed by atoms with van der Waals surface area (Å²) in [6.07, 6.45) is 0.721. The molecule has 14 heavy (non-hydrogen) atoms. The van der Waals surface area contributed by atoms with Crippen molar-refractivity contribution in [2.75, 3.05) is 11.9 Å². The molecule has 3 nitrogen and oxygen atoms in total. The van der Waals surface area contributed by atoms with Crippen molar-refractivity contribution in [1.82, 2.24) is 0 Å². The van der Waals surface area contributed by atoms with Crippen molar-refractivity contribution >= 4 is 38.2 Å². The summed E-state index contributed by atoms with van der Waals surface area (Å²) in [5.41, 5.74) is 5.38. The second-order valence-electron chi connectivity index (χ2n) is 3.07. The summed E-state index contributed by atoms with van der Waals surface area (Å²) >= 11 is 4.84. The average molecular weight is 277 g/mol.